The number of likely N-dealkylation sites (N-methyl/N-ethyl adjacent to an activating group) is 1. The maximum atomic E-state index is 13.6. The second kappa shape index (κ2) is 7.69. The van der Waals surface area contributed by atoms with Gasteiger partial charge in [-0.3, -0.25) is 4.90 Å². The average molecular weight is 511 g/mol. The van der Waals surface area contributed by atoms with Crippen LogP contribution in [-0.4, -0.2) is 71.8 Å². The Morgan fingerprint density at radius 2 is 1.89 bits per heavy atom. The van der Waals surface area contributed by atoms with Gasteiger partial charge in [0.25, 0.3) is 0 Å². The molecule has 3 fully saturated rings. The zero-order valence-corrected chi connectivity index (χ0v) is 21.5. The van der Waals surface area contributed by atoms with Crippen LogP contribution in [0.4, 0.5) is 0 Å². The molecule has 3 aliphatic carbocycles. The lowest BCUT2D eigenvalue weighted by Gasteiger charge is -2.64. The molecule has 2 N–H and O–H groups in total. The first-order valence-electron chi connectivity index (χ1n) is 13.2. The second-order valence-electron chi connectivity index (χ2n) is 11.7. The van der Waals surface area contributed by atoms with Gasteiger partial charge in [0.05, 0.1) is 22.8 Å². The molecule has 0 amide bonds. The van der Waals surface area contributed by atoms with E-state index in [-0.39, 0.29) is 17.5 Å². The Morgan fingerprint density at radius 3 is 2.64 bits per heavy atom. The summed E-state index contributed by atoms with van der Waals surface area (Å²) in [6, 6.07) is 12.5. The molecular weight excluding hydrogens is 476 g/mol. The van der Waals surface area contributed by atoms with Crippen molar-refractivity contribution in [3.8, 4) is 11.5 Å². The van der Waals surface area contributed by atoms with Gasteiger partial charge in [-0.05, 0) is 68.2 Å². The smallest absolute Gasteiger partial charge is 0.218 e. The van der Waals surface area contributed by atoms with Crippen molar-refractivity contribution in [2.45, 2.75) is 73.5 Å². The van der Waals surface area contributed by atoms with Crippen molar-refractivity contribution in [3.63, 3.8) is 0 Å². The SMILES string of the molecule is CN([C@H]1CC[C@@]2(O)[C@@H]3Cc4ccc(O)c5c4[C@@]2(CCN3CC2CC2)[C@H]1O5)S(=O)(=O)Cc1ccccc1. The summed E-state index contributed by atoms with van der Waals surface area (Å²) in [6.07, 6.45) is 4.45. The van der Waals surface area contributed by atoms with Gasteiger partial charge in [-0.2, -0.15) is 4.31 Å². The third-order valence-corrected chi connectivity index (χ3v) is 11.7. The summed E-state index contributed by atoms with van der Waals surface area (Å²) in [4.78, 5) is 2.49. The molecule has 8 heteroatoms. The molecule has 5 atom stereocenters. The normalized spacial score (nSPS) is 34.9. The minimum absolute atomic E-state index is 0.0203. The lowest BCUT2D eigenvalue weighted by atomic mass is 9.48. The first-order chi connectivity index (χ1) is 17.2. The number of rotatable bonds is 6. The number of aromatic hydroxyl groups is 1. The fraction of sp³-hybridized carbons (Fsp3) is 0.571. The largest absolute Gasteiger partial charge is 0.504 e. The van der Waals surface area contributed by atoms with E-state index >= 15 is 0 Å². The number of hydrogen-bond donors (Lipinski definition) is 2. The number of likely N-dealkylation sites (tertiary alicyclic amines) is 1. The summed E-state index contributed by atoms with van der Waals surface area (Å²) in [6.45, 7) is 1.87. The Bertz CT molecular complexity index is 1310. The molecule has 2 bridgehead atoms. The molecule has 7 nitrogen and oxygen atoms in total. The van der Waals surface area contributed by atoms with Gasteiger partial charge in [0, 0.05) is 25.2 Å². The standard InChI is InChI=1S/C28H34N2O5S/c1-29(36(33,34)17-19-5-3-2-4-6-19)21-11-12-28(32)23-15-20-9-10-22(31)25-24(20)27(28,26(21)35-25)13-14-30(23)16-18-7-8-18/h2-6,9-10,18,21,23,26,31-32H,7-8,11-17H2,1H3/t21-,23-,26-,27-,28+/m0/s1. The Hall–Kier alpha value is -2.13. The van der Waals surface area contributed by atoms with E-state index in [1.165, 1.54) is 17.1 Å². The van der Waals surface area contributed by atoms with Crippen LogP contribution in [0.1, 0.15) is 48.8 Å². The minimum atomic E-state index is -3.63. The van der Waals surface area contributed by atoms with Crippen molar-refractivity contribution in [3.05, 3.63) is 59.2 Å². The number of phenolic OH excluding ortho intramolecular Hbond substituents is 1. The van der Waals surface area contributed by atoms with Crippen LogP contribution < -0.4 is 4.74 Å². The molecule has 192 valence electrons. The number of benzene rings is 2. The molecule has 5 aliphatic rings. The maximum Gasteiger partial charge on any atom is 0.218 e. The molecule has 2 heterocycles. The highest BCUT2D eigenvalue weighted by Gasteiger charge is 2.73. The average Bonchev–Trinajstić information content (AvgIpc) is 3.59. The van der Waals surface area contributed by atoms with Crippen LogP contribution in [0.15, 0.2) is 42.5 Å². The van der Waals surface area contributed by atoms with E-state index in [2.05, 4.69) is 4.90 Å². The Labute approximate surface area is 212 Å². The molecular formula is C28H34N2O5S. The molecule has 0 unspecified atom stereocenters. The number of piperidine rings is 1. The molecule has 2 aromatic carbocycles. The van der Waals surface area contributed by atoms with Gasteiger partial charge < -0.3 is 14.9 Å². The van der Waals surface area contributed by atoms with Crippen LogP contribution in [0.25, 0.3) is 0 Å². The highest BCUT2D eigenvalue weighted by atomic mass is 32.2. The summed E-state index contributed by atoms with van der Waals surface area (Å²) in [7, 11) is -1.98. The predicted octanol–water partition coefficient (Wildman–Crippen LogP) is 2.79. The van der Waals surface area contributed by atoms with E-state index in [9.17, 15) is 18.6 Å². The zero-order valence-electron chi connectivity index (χ0n) is 20.6. The quantitative estimate of drug-likeness (QED) is 0.621. The van der Waals surface area contributed by atoms with Crippen molar-refractivity contribution in [1.82, 2.24) is 9.21 Å². The zero-order chi connectivity index (χ0) is 24.9. The van der Waals surface area contributed by atoms with Crippen molar-refractivity contribution in [2.75, 3.05) is 20.1 Å². The first kappa shape index (κ1) is 23.0. The number of phenols is 1. The van der Waals surface area contributed by atoms with E-state index in [1.54, 1.807) is 13.1 Å². The topological polar surface area (TPSA) is 90.3 Å². The van der Waals surface area contributed by atoms with E-state index in [1.807, 2.05) is 36.4 Å². The fourth-order valence-electron chi connectivity index (χ4n) is 7.92. The van der Waals surface area contributed by atoms with Crippen LogP contribution in [0, 0.1) is 5.92 Å². The Morgan fingerprint density at radius 1 is 1.11 bits per heavy atom. The molecule has 0 radical (unpaired) electrons. The summed E-state index contributed by atoms with van der Waals surface area (Å²) in [5, 5.41) is 23.4. The van der Waals surface area contributed by atoms with Crippen LogP contribution in [0.2, 0.25) is 0 Å². The van der Waals surface area contributed by atoms with Crippen molar-refractivity contribution >= 4 is 10.0 Å². The van der Waals surface area contributed by atoms with Gasteiger partial charge in [-0.1, -0.05) is 36.4 Å². The second-order valence-corrected chi connectivity index (χ2v) is 13.7. The van der Waals surface area contributed by atoms with Crippen LogP contribution in [0.3, 0.4) is 0 Å². The van der Waals surface area contributed by atoms with Crippen LogP contribution in [0.5, 0.6) is 11.5 Å². The molecule has 1 saturated heterocycles. The number of nitrogens with zero attached hydrogens (tertiary/aromatic N) is 2. The van der Waals surface area contributed by atoms with E-state index < -0.39 is 33.2 Å². The Balaban J connectivity index is 1.30. The van der Waals surface area contributed by atoms with Gasteiger partial charge in [0.1, 0.15) is 6.10 Å². The monoisotopic (exact) mass is 510 g/mol. The molecule has 1 spiro atoms. The maximum absolute atomic E-state index is 13.6. The number of aliphatic hydroxyl groups is 1. The summed E-state index contributed by atoms with van der Waals surface area (Å²) in [5.41, 5.74) is 1.05. The van der Waals surface area contributed by atoms with Crippen molar-refractivity contribution in [2.24, 2.45) is 5.92 Å². The fourth-order valence-corrected chi connectivity index (χ4v) is 9.37. The minimum Gasteiger partial charge on any atom is -0.504 e. The van der Waals surface area contributed by atoms with Crippen molar-refractivity contribution in [1.29, 1.82) is 0 Å². The van der Waals surface area contributed by atoms with E-state index in [0.29, 0.717) is 25.0 Å². The Kier molecular flexibility index (Phi) is 4.92. The highest BCUT2D eigenvalue weighted by molar-refractivity contribution is 7.88. The first-order valence-corrected chi connectivity index (χ1v) is 14.8. The van der Waals surface area contributed by atoms with Crippen molar-refractivity contribution < 1.29 is 23.4 Å². The molecule has 2 saturated carbocycles. The van der Waals surface area contributed by atoms with Gasteiger partial charge in [-0.25, -0.2) is 8.42 Å². The summed E-state index contributed by atoms with van der Waals surface area (Å²) >= 11 is 0. The van der Waals surface area contributed by atoms with E-state index in [0.717, 1.165) is 42.1 Å². The molecule has 0 aromatic heterocycles. The lowest BCUT2D eigenvalue weighted by Crippen LogP contribution is -2.78. The third kappa shape index (κ3) is 3.04. The van der Waals surface area contributed by atoms with Crippen LogP contribution >= 0.6 is 0 Å². The number of sulfonamides is 1. The van der Waals surface area contributed by atoms with Gasteiger partial charge in [-0.15, -0.1) is 0 Å². The van der Waals surface area contributed by atoms with Gasteiger partial charge in [0.15, 0.2) is 11.5 Å². The number of hydrogen-bond acceptors (Lipinski definition) is 6. The molecule has 2 aromatic rings. The van der Waals surface area contributed by atoms with Gasteiger partial charge in [0.2, 0.25) is 10.0 Å². The molecule has 7 rings (SSSR count). The molecule has 2 aliphatic heterocycles. The predicted molar refractivity (Wildman–Crippen MR) is 135 cm³/mol. The lowest BCUT2D eigenvalue weighted by molar-refractivity contribution is -0.195. The highest BCUT2D eigenvalue weighted by Crippen LogP contribution is 2.66. The van der Waals surface area contributed by atoms with Crippen LogP contribution in [-0.2, 0) is 27.6 Å². The van der Waals surface area contributed by atoms with E-state index in [4.69, 9.17) is 4.74 Å². The summed E-state index contributed by atoms with van der Waals surface area (Å²) in [5.74, 6) is 1.17. The summed E-state index contributed by atoms with van der Waals surface area (Å²) < 4.78 is 35.2. The van der Waals surface area contributed by atoms with Gasteiger partial charge >= 0.3 is 0 Å². The third-order valence-electron chi connectivity index (χ3n) is 9.83. The number of ether oxygens (including phenoxy) is 1. The molecule has 36 heavy (non-hydrogen) atoms.